The highest BCUT2D eigenvalue weighted by Gasteiger charge is 2.12. The highest BCUT2D eigenvalue weighted by atomic mass is 32.2. The second-order valence-corrected chi connectivity index (χ2v) is 9.32. The average Bonchev–Trinajstić information content (AvgIpc) is 2.89. The van der Waals surface area contributed by atoms with Crippen LogP contribution in [0.3, 0.4) is 0 Å². The number of thioether (sulfide) groups is 1. The highest BCUT2D eigenvalue weighted by Crippen LogP contribution is 2.14. The van der Waals surface area contributed by atoms with Gasteiger partial charge < -0.3 is 20.8 Å². The van der Waals surface area contributed by atoms with Crippen LogP contribution in [-0.2, 0) is 0 Å². The van der Waals surface area contributed by atoms with Crippen LogP contribution in [0.25, 0.3) is 0 Å². The molecule has 200 valence electrons. The Balaban J connectivity index is 1.51. The van der Waals surface area contributed by atoms with Crippen molar-refractivity contribution in [2.75, 3.05) is 24.6 Å². The lowest BCUT2D eigenvalue weighted by Gasteiger charge is -2.14. The fraction of sp³-hybridized carbons (Fsp3) is 0.417. The lowest BCUT2D eigenvalue weighted by Crippen LogP contribution is -2.26. The molecule has 0 saturated heterocycles. The van der Waals surface area contributed by atoms with Crippen LogP contribution in [0.5, 0.6) is 0 Å². The van der Waals surface area contributed by atoms with Gasteiger partial charge in [-0.25, -0.2) is 0 Å². The molecule has 0 saturated carbocycles. The van der Waals surface area contributed by atoms with Gasteiger partial charge in [0.2, 0.25) is 0 Å². The summed E-state index contributed by atoms with van der Waals surface area (Å²) < 4.78 is 0. The molecule has 2 aromatic rings. The molecule has 0 heterocycles. The van der Waals surface area contributed by atoms with Gasteiger partial charge in [0.15, 0.2) is 0 Å². The number of non-ortho nitro benzene ring substituents is 2. The van der Waals surface area contributed by atoms with E-state index in [2.05, 4.69) is 10.6 Å². The quantitative estimate of drug-likeness (QED) is 0.143. The molecule has 0 aromatic heterocycles. The second-order valence-electron chi connectivity index (χ2n) is 8.25. The first-order valence-corrected chi connectivity index (χ1v) is 12.8. The molecule has 0 bridgehead atoms. The van der Waals surface area contributed by atoms with Gasteiger partial charge in [0.05, 0.1) is 22.1 Å². The molecular weight excluding hydrogens is 504 g/mol. The lowest BCUT2D eigenvalue weighted by molar-refractivity contribution is -0.385. The van der Waals surface area contributed by atoms with E-state index in [9.17, 15) is 40.0 Å². The number of hydrogen-bond donors (Lipinski definition) is 4. The van der Waals surface area contributed by atoms with E-state index < -0.39 is 22.1 Å². The third-order valence-corrected chi connectivity index (χ3v) is 6.54. The van der Waals surface area contributed by atoms with Crippen molar-refractivity contribution in [3.05, 3.63) is 79.9 Å². The Bertz CT molecular complexity index is 966. The van der Waals surface area contributed by atoms with E-state index in [1.165, 1.54) is 60.3 Å². The summed E-state index contributed by atoms with van der Waals surface area (Å²) in [6.45, 7) is 0.706. The van der Waals surface area contributed by atoms with Crippen molar-refractivity contribution >= 4 is 35.0 Å². The predicted octanol–water partition coefficient (Wildman–Crippen LogP) is 2.68. The number of nitrogens with one attached hydrogen (secondary N) is 2. The number of aliphatic hydroxyl groups is 2. The normalized spacial score (nSPS) is 12.4. The number of nitro benzene ring substituents is 2. The second kappa shape index (κ2) is 15.5. The van der Waals surface area contributed by atoms with Gasteiger partial charge in [0, 0.05) is 60.0 Å². The Hall–Kier alpha value is -3.55. The molecular formula is C24H30N4O8S. The Morgan fingerprint density at radius 1 is 0.730 bits per heavy atom. The average molecular weight is 535 g/mol. The van der Waals surface area contributed by atoms with Crippen LogP contribution in [0.15, 0.2) is 48.5 Å². The molecule has 0 spiro atoms. The van der Waals surface area contributed by atoms with Crippen molar-refractivity contribution < 1.29 is 29.6 Å². The number of carbonyl (C=O) groups is 2. The first-order valence-electron chi connectivity index (χ1n) is 11.7. The van der Waals surface area contributed by atoms with E-state index in [-0.39, 0.29) is 23.2 Å². The van der Waals surface area contributed by atoms with Crippen LogP contribution < -0.4 is 10.6 Å². The van der Waals surface area contributed by atoms with Crippen molar-refractivity contribution in [2.24, 2.45) is 0 Å². The van der Waals surface area contributed by atoms with Crippen LogP contribution >= 0.6 is 11.8 Å². The minimum atomic E-state index is -0.588. The SMILES string of the molecule is O=C(NCCCC(O)CSCC(O)CCCNC(=O)c1ccc([N+](=O)[O-])cc1)c1ccc([N+](=O)[O-])cc1. The summed E-state index contributed by atoms with van der Waals surface area (Å²) in [5.74, 6) is 0.186. The van der Waals surface area contributed by atoms with Gasteiger partial charge in [-0.2, -0.15) is 11.8 Å². The number of nitro groups is 2. The topological polar surface area (TPSA) is 185 Å². The van der Waals surface area contributed by atoms with Gasteiger partial charge in [-0.3, -0.25) is 29.8 Å². The molecule has 2 atom stereocenters. The number of carbonyl (C=O) groups excluding carboxylic acids is 2. The van der Waals surface area contributed by atoms with Gasteiger partial charge in [-0.15, -0.1) is 0 Å². The van der Waals surface area contributed by atoms with Crippen LogP contribution in [0.1, 0.15) is 46.4 Å². The Morgan fingerprint density at radius 2 is 1.08 bits per heavy atom. The van der Waals surface area contributed by atoms with Gasteiger partial charge in [0.25, 0.3) is 23.2 Å². The van der Waals surface area contributed by atoms with Gasteiger partial charge in [0.1, 0.15) is 0 Å². The van der Waals surface area contributed by atoms with E-state index >= 15 is 0 Å². The van der Waals surface area contributed by atoms with E-state index in [0.29, 0.717) is 61.4 Å². The molecule has 4 N–H and O–H groups in total. The Morgan fingerprint density at radius 3 is 1.41 bits per heavy atom. The van der Waals surface area contributed by atoms with Gasteiger partial charge in [-0.1, -0.05) is 0 Å². The van der Waals surface area contributed by atoms with Crippen molar-refractivity contribution in [1.29, 1.82) is 0 Å². The zero-order valence-electron chi connectivity index (χ0n) is 20.1. The summed E-state index contributed by atoms with van der Waals surface area (Å²) in [5, 5.41) is 46.9. The Labute approximate surface area is 217 Å². The molecule has 13 heteroatoms. The predicted molar refractivity (Wildman–Crippen MR) is 139 cm³/mol. The van der Waals surface area contributed by atoms with E-state index in [4.69, 9.17) is 0 Å². The molecule has 2 amide bonds. The molecule has 2 rings (SSSR count). The van der Waals surface area contributed by atoms with Gasteiger partial charge >= 0.3 is 0 Å². The maximum Gasteiger partial charge on any atom is 0.269 e. The molecule has 2 aromatic carbocycles. The first kappa shape index (κ1) is 29.7. The smallest absolute Gasteiger partial charge is 0.269 e. The minimum Gasteiger partial charge on any atom is -0.392 e. The molecule has 12 nitrogen and oxygen atoms in total. The number of hydrogen-bond acceptors (Lipinski definition) is 9. The number of nitrogens with zero attached hydrogens (tertiary/aromatic N) is 2. The lowest BCUT2D eigenvalue weighted by atomic mass is 10.2. The minimum absolute atomic E-state index is 0.0891. The van der Waals surface area contributed by atoms with Crippen LogP contribution in [0, 0.1) is 20.2 Å². The maximum atomic E-state index is 12.0. The summed E-state index contributed by atoms with van der Waals surface area (Å²) in [5.41, 5.74) is 0.464. The molecule has 0 aliphatic rings. The maximum absolute atomic E-state index is 12.0. The third kappa shape index (κ3) is 10.9. The largest absolute Gasteiger partial charge is 0.392 e. The van der Waals surface area contributed by atoms with Crippen LogP contribution in [0.2, 0.25) is 0 Å². The molecule has 0 radical (unpaired) electrons. The van der Waals surface area contributed by atoms with Crippen molar-refractivity contribution in [2.45, 2.75) is 37.9 Å². The fourth-order valence-corrected chi connectivity index (χ4v) is 4.27. The highest BCUT2D eigenvalue weighted by molar-refractivity contribution is 7.99. The number of benzene rings is 2. The molecule has 0 fully saturated rings. The van der Waals surface area contributed by atoms with Crippen LogP contribution in [-0.4, -0.2) is 68.7 Å². The van der Waals surface area contributed by atoms with Crippen molar-refractivity contribution in [1.82, 2.24) is 10.6 Å². The first-order chi connectivity index (χ1) is 17.7. The monoisotopic (exact) mass is 534 g/mol. The summed E-state index contributed by atoms with van der Waals surface area (Å²) in [6, 6.07) is 10.6. The van der Waals surface area contributed by atoms with E-state index in [0.717, 1.165) is 0 Å². The van der Waals surface area contributed by atoms with E-state index in [1.54, 1.807) is 0 Å². The number of amides is 2. The van der Waals surface area contributed by atoms with Crippen LogP contribution in [0.4, 0.5) is 11.4 Å². The van der Waals surface area contributed by atoms with Gasteiger partial charge in [-0.05, 0) is 49.9 Å². The zero-order chi connectivity index (χ0) is 27.2. The van der Waals surface area contributed by atoms with Crippen molar-refractivity contribution in [3.63, 3.8) is 0 Å². The molecule has 37 heavy (non-hydrogen) atoms. The molecule has 0 aliphatic carbocycles. The summed E-state index contributed by atoms with van der Waals surface area (Å²) in [6.07, 6.45) is 0.870. The number of rotatable bonds is 16. The number of aliphatic hydroxyl groups excluding tert-OH is 2. The third-order valence-electron chi connectivity index (χ3n) is 5.30. The summed E-state index contributed by atoms with van der Waals surface area (Å²) in [7, 11) is 0. The zero-order valence-corrected chi connectivity index (χ0v) is 20.9. The fourth-order valence-electron chi connectivity index (χ4n) is 3.26. The Kier molecular flexibility index (Phi) is 12.5. The van der Waals surface area contributed by atoms with E-state index in [1.807, 2.05) is 0 Å². The van der Waals surface area contributed by atoms with Crippen molar-refractivity contribution in [3.8, 4) is 0 Å². The standard InChI is InChI=1S/C24H30N4O8S/c29-21(3-1-13-25-23(31)17-5-9-19(10-6-17)27(33)34)15-37-16-22(30)4-2-14-26-24(32)18-7-11-20(12-8-18)28(35)36/h5-12,21-22,29-30H,1-4,13-16H2,(H,25,31)(H,26,32). The molecule has 0 aliphatic heterocycles. The summed E-state index contributed by atoms with van der Waals surface area (Å²) >= 11 is 1.41. The molecule has 2 unspecified atom stereocenters. The summed E-state index contributed by atoms with van der Waals surface area (Å²) in [4.78, 5) is 44.3.